The molecule has 1 aromatic rings. The van der Waals surface area contributed by atoms with Crippen LogP contribution in [-0.4, -0.2) is 26.5 Å². The molecule has 0 saturated heterocycles. The molecular formula is C13H21NO3S. The lowest BCUT2D eigenvalue weighted by Crippen LogP contribution is -2.16. The Morgan fingerprint density at radius 3 is 2.56 bits per heavy atom. The smallest absolute Gasteiger partial charge is 0.147 e. The van der Waals surface area contributed by atoms with E-state index in [4.69, 9.17) is 10.5 Å². The molecule has 0 saturated carbocycles. The van der Waals surface area contributed by atoms with Gasteiger partial charge in [0, 0.05) is 12.3 Å². The Morgan fingerprint density at radius 2 is 2.00 bits per heavy atom. The van der Waals surface area contributed by atoms with Crippen molar-refractivity contribution in [2.45, 2.75) is 32.4 Å². The van der Waals surface area contributed by atoms with Crippen LogP contribution in [0.2, 0.25) is 0 Å². The van der Waals surface area contributed by atoms with Gasteiger partial charge in [-0.3, -0.25) is 0 Å². The van der Waals surface area contributed by atoms with Crippen LogP contribution in [0, 0.1) is 0 Å². The van der Waals surface area contributed by atoms with Gasteiger partial charge in [0.2, 0.25) is 0 Å². The summed E-state index contributed by atoms with van der Waals surface area (Å²) in [7, 11) is -2.97. The van der Waals surface area contributed by atoms with E-state index in [9.17, 15) is 8.42 Å². The molecule has 18 heavy (non-hydrogen) atoms. The van der Waals surface area contributed by atoms with Crippen molar-refractivity contribution in [3.63, 3.8) is 0 Å². The Morgan fingerprint density at radius 1 is 1.33 bits per heavy atom. The molecule has 2 N–H and O–H groups in total. The van der Waals surface area contributed by atoms with Crippen molar-refractivity contribution in [3.8, 4) is 5.75 Å². The quantitative estimate of drug-likeness (QED) is 0.858. The van der Waals surface area contributed by atoms with Gasteiger partial charge in [-0.2, -0.15) is 0 Å². The number of hydrogen-bond acceptors (Lipinski definition) is 4. The number of benzene rings is 1. The molecule has 4 nitrogen and oxygen atoms in total. The molecule has 1 rings (SSSR count). The van der Waals surface area contributed by atoms with E-state index in [1.807, 2.05) is 38.1 Å². The van der Waals surface area contributed by atoms with Gasteiger partial charge in [0.1, 0.15) is 15.6 Å². The molecule has 0 amide bonds. The fraction of sp³-hybridized carbons (Fsp3) is 0.538. The van der Waals surface area contributed by atoms with Gasteiger partial charge in [-0.25, -0.2) is 8.42 Å². The standard InChI is InChI=1S/C13H21NO3S/c1-10(2)17-12-6-4-5-11(9-12)13(14)7-8-18(3,15)16/h4-6,9-10,13H,7-8,14H2,1-3H3. The number of rotatable bonds is 6. The topological polar surface area (TPSA) is 69.4 Å². The molecule has 0 radical (unpaired) electrons. The van der Waals surface area contributed by atoms with Crippen LogP contribution in [-0.2, 0) is 9.84 Å². The van der Waals surface area contributed by atoms with Crippen LogP contribution >= 0.6 is 0 Å². The molecule has 0 fully saturated rings. The highest BCUT2D eigenvalue weighted by Gasteiger charge is 2.11. The minimum Gasteiger partial charge on any atom is -0.491 e. The van der Waals surface area contributed by atoms with Crippen LogP contribution in [0.3, 0.4) is 0 Å². The molecule has 0 aliphatic heterocycles. The summed E-state index contributed by atoms with van der Waals surface area (Å²) in [5.41, 5.74) is 6.88. The molecule has 0 heterocycles. The maximum Gasteiger partial charge on any atom is 0.147 e. The summed E-state index contributed by atoms with van der Waals surface area (Å²) in [6, 6.07) is 7.21. The lowest BCUT2D eigenvalue weighted by atomic mass is 10.1. The molecule has 1 atom stereocenters. The summed E-state index contributed by atoms with van der Waals surface area (Å²) in [6.45, 7) is 3.91. The van der Waals surface area contributed by atoms with Gasteiger partial charge in [0.05, 0.1) is 11.9 Å². The first-order chi connectivity index (χ1) is 8.28. The van der Waals surface area contributed by atoms with E-state index in [-0.39, 0.29) is 17.9 Å². The van der Waals surface area contributed by atoms with Crippen molar-refractivity contribution in [2.75, 3.05) is 12.0 Å². The Labute approximate surface area is 109 Å². The van der Waals surface area contributed by atoms with Gasteiger partial charge in [-0.1, -0.05) is 12.1 Å². The molecule has 102 valence electrons. The van der Waals surface area contributed by atoms with Crippen LogP contribution in [0.4, 0.5) is 0 Å². The highest BCUT2D eigenvalue weighted by Crippen LogP contribution is 2.21. The maximum absolute atomic E-state index is 11.1. The highest BCUT2D eigenvalue weighted by molar-refractivity contribution is 7.90. The van der Waals surface area contributed by atoms with E-state index in [1.54, 1.807) is 0 Å². The highest BCUT2D eigenvalue weighted by atomic mass is 32.2. The van der Waals surface area contributed by atoms with Gasteiger partial charge in [0.25, 0.3) is 0 Å². The third-order valence-corrected chi connectivity index (χ3v) is 3.43. The van der Waals surface area contributed by atoms with Crippen LogP contribution in [0.15, 0.2) is 24.3 Å². The Hall–Kier alpha value is -1.07. The molecular weight excluding hydrogens is 250 g/mol. The van der Waals surface area contributed by atoms with Gasteiger partial charge in [-0.05, 0) is 38.0 Å². The summed E-state index contributed by atoms with van der Waals surface area (Å²) in [6.07, 6.45) is 1.75. The molecule has 5 heteroatoms. The van der Waals surface area contributed by atoms with Crippen LogP contribution in [0.5, 0.6) is 5.75 Å². The summed E-state index contributed by atoms with van der Waals surface area (Å²) in [4.78, 5) is 0. The van der Waals surface area contributed by atoms with E-state index in [0.717, 1.165) is 11.3 Å². The van der Waals surface area contributed by atoms with Crippen molar-refractivity contribution >= 4 is 9.84 Å². The molecule has 0 bridgehead atoms. The minimum atomic E-state index is -2.97. The van der Waals surface area contributed by atoms with E-state index in [1.165, 1.54) is 6.26 Å². The first-order valence-electron chi connectivity index (χ1n) is 5.98. The summed E-state index contributed by atoms with van der Waals surface area (Å²) < 4.78 is 27.8. The summed E-state index contributed by atoms with van der Waals surface area (Å²) in [5.74, 6) is 0.862. The Balaban J connectivity index is 2.70. The first-order valence-corrected chi connectivity index (χ1v) is 8.04. The van der Waals surface area contributed by atoms with Gasteiger partial charge in [-0.15, -0.1) is 0 Å². The monoisotopic (exact) mass is 271 g/mol. The average molecular weight is 271 g/mol. The maximum atomic E-state index is 11.1. The molecule has 1 aromatic carbocycles. The van der Waals surface area contributed by atoms with E-state index < -0.39 is 9.84 Å². The van der Waals surface area contributed by atoms with Crippen molar-refractivity contribution in [2.24, 2.45) is 5.73 Å². The second-order valence-electron chi connectivity index (χ2n) is 4.76. The fourth-order valence-corrected chi connectivity index (χ4v) is 2.28. The molecule has 0 aliphatic rings. The van der Waals surface area contributed by atoms with Crippen molar-refractivity contribution in [3.05, 3.63) is 29.8 Å². The minimum absolute atomic E-state index is 0.101. The molecule has 0 aromatic heterocycles. The van der Waals surface area contributed by atoms with Crippen LogP contribution < -0.4 is 10.5 Å². The average Bonchev–Trinajstić information content (AvgIpc) is 2.24. The predicted octanol–water partition coefficient (Wildman–Crippen LogP) is 1.91. The van der Waals surface area contributed by atoms with E-state index >= 15 is 0 Å². The zero-order valence-corrected chi connectivity index (χ0v) is 11.9. The lowest BCUT2D eigenvalue weighted by Gasteiger charge is -2.14. The van der Waals surface area contributed by atoms with Gasteiger partial charge in [0.15, 0.2) is 0 Å². The molecule has 0 spiro atoms. The van der Waals surface area contributed by atoms with Crippen LogP contribution in [0.25, 0.3) is 0 Å². The third-order valence-electron chi connectivity index (χ3n) is 2.46. The number of nitrogens with two attached hydrogens (primary N) is 1. The zero-order chi connectivity index (χ0) is 13.8. The summed E-state index contributed by atoms with van der Waals surface area (Å²) in [5, 5.41) is 0. The van der Waals surface area contributed by atoms with E-state index in [2.05, 4.69) is 0 Å². The second-order valence-corrected chi connectivity index (χ2v) is 7.02. The SMILES string of the molecule is CC(C)Oc1cccc(C(N)CCS(C)(=O)=O)c1. The summed E-state index contributed by atoms with van der Waals surface area (Å²) >= 11 is 0. The number of hydrogen-bond donors (Lipinski definition) is 1. The van der Waals surface area contributed by atoms with Gasteiger partial charge >= 0.3 is 0 Å². The molecule has 0 aliphatic carbocycles. The number of ether oxygens (including phenoxy) is 1. The second kappa shape index (κ2) is 6.20. The van der Waals surface area contributed by atoms with Crippen molar-refractivity contribution in [1.29, 1.82) is 0 Å². The third kappa shape index (κ3) is 5.51. The van der Waals surface area contributed by atoms with Crippen molar-refractivity contribution < 1.29 is 13.2 Å². The Bertz CT molecular complexity index is 483. The Kier molecular flexibility index (Phi) is 5.16. The van der Waals surface area contributed by atoms with E-state index in [0.29, 0.717) is 6.42 Å². The molecule has 1 unspecified atom stereocenters. The lowest BCUT2D eigenvalue weighted by molar-refractivity contribution is 0.242. The largest absolute Gasteiger partial charge is 0.491 e. The van der Waals surface area contributed by atoms with Gasteiger partial charge < -0.3 is 10.5 Å². The fourth-order valence-electron chi connectivity index (χ4n) is 1.60. The van der Waals surface area contributed by atoms with Crippen LogP contribution in [0.1, 0.15) is 31.9 Å². The van der Waals surface area contributed by atoms with Crippen molar-refractivity contribution in [1.82, 2.24) is 0 Å². The number of sulfone groups is 1. The first kappa shape index (κ1) is 15.0. The normalized spacial score (nSPS) is 13.6. The zero-order valence-electron chi connectivity index (χ0n) is 11.1. The predicted molar refractivity (Wildman–Crippen MR) is 73.5 cm³/mol.